The van der Waals surface area contributed by atoms with Crippen LogP contribution in [0.25, 0.3) is 5.69 Å². The van der Waals surface area contributed by atoms with Gasteiger partial charge in [0.25, 0.3) is 0 Å². The summed E-state index contributed by atoms with van der Waals surface area (Å²) in [6.07, 6.45) is 2.51. The Hall–Kier alpha value is -1.65. The normalized spacial score (nSPS) is 14.9. The van der Waals surface area contributed by atoms with Gasteiger partial charge in [0.1, 0.15) is 0 Å². The molecule has 21 heavy (non-hydrogen) atoms. The standard InChI is InChI=1S/C17H23N3O/c1-13-17(12-19(10-11-21)15-8-9-15)14(2)20(18-13)16-6-4-3-5-7-16/h3-7,15,21H,8-12H2,1-2H3. The molecule has 0 unspecified atom stereocenters. The molecule has 1 heterocycles. The highest BCUT2D eigenvalue weighted by molar-refractivity contribution is 5.36. The van der Waals surface area contributed by atoms with Gasteiger partial charge in [-0.25, -0.2) is 4.68 Å². The van der Waals surface area contributed by atoms with Crippen molar-refractivity contribution in [2.45, 2.75) is 39.3 Å². The zero-order chi connectivity index (χ0) is 14.8. The van der Waals surface area contributed by atoms with Crippen LogP contribution in [-0.2, 0) is 6.54 Å². The number of para-hydroxylation sites is 1. The lowest BCUT2D eigenvalue weighted by Crippen LogP contribution is -2.29. The van der Waals surface area contributed by atoms with Crippen molar-refractivity contribution in [1.29, 1.82) is 0 Å². The maximum atomic E-state index is 9.25. The first-order valence-corrected chi connectivity index (χ1v) is 7.66. The number of hydrogen-bond donors (Lipinski definition) is 1. The van der Waals surface area contributed by atoms with Crippen LogP contribution in [0.4, 0.5) is 0 Å². The Balaban J connectivity index is 1.87. The second-order valence-electron chi connectivity index (χ2n) is 5.82. The maximum Gasteiger partial charge on any atom is 0.0648 e. The molecule has 0 radical (unpaired) electrons. The highest BCUT2D eigenvalue weighted by Gasteiger charge is 2.29. The molecule has 1 aliphatic carbocycles. The van der Waals surface area contributed by atoms with Crippen molar-refractivity contribution in [2.75, 3.05) is 13.2 Å². The average Bonchev–Trinajstić information content (AvgIpc) is 3.30. The van der Waals surface area contributed by atoms with Crippen LogP contribution in [0, 0.1) is 13.8 Å². The predicted octanol–water partition coefficient (Wildman–Crippen LogP) is 2.45. The second kappa shape index (κ2) is 6.00. The number of benzene rings is 1. The number of aromatic nitrogens is 2. The van der Waals surface area contributed by atoms with Crippen molar-refractivity contribution >= 4 is 0 Å². The number of rotatable bonds is 6. The van der Waals surface area contributed by atoms with Crippen molar-refractivity contribution in [3.8, 4) is 5.69 Å². The fourth-order valence-corrected chi connectivity index (χ4v) is 2.89. The molecular weight excluding hydrogens is 262 g/mol. The number of aryl methyl sites for hydroxylation is 1. The average molecular weight is 285 g/mol. The molecule has 2 aromatic rings. The minimum absolute atomic E-state index is 0.224. The summed E-state index contributed by atoms with van der Waals surface area (Å²) in [7, 11) is 0. The fraction of sp³-hybridized carbons (Fsp3) is 0.471. The third-order valence-electron chi connectivity index (χ3n) is 4.25. The molecule has 3 rings (SSSR count). The minimum Gasteiger partial charge on any atom is -0.395 e. The third kappa shape index (κ3) is 3.01. The number of hydrogen-bond acceptors (Lipinski definition) is 3. The first-order valence-electron chi connectivity index (χ1n) is 7.66. The van der Waals surface area contributed by atoms with Gasteiger partial charge in [0.2, 0.25) is 0 Å². The molecule has 4 heteroatoms. The largest absolute Gasteiger partial charge is 0.395 e. The molecule has 1 aromatic heterocycles. The molecule has 112 valence electrons. The van der Waals surface area contributed by atoms with Crippen molar-refractivity contribution in [1.82, 2.24) is 14.7 Å². The highest BCUT2D eigenvalue weighted by Crippen LogP contribution is 2.29. The van der Waals surface area contributed by atoms with Crippen molar-refractivity contribution in [3.05, 3.63) is 47.3 Å². The molecule has 4 nitrogen and oxygen atoms in total. The summed E-state index contributed by atoms with van der Waals surface area (Å²) in [4.78, 5) is 2.38. The monoisotopic (exact) mass is 285 g/mol. The van der Waals surface area contributed by atoms with Crippen LogP contribution in [0.15, 0.2) is 30.3 Å². The van der Waals surface area contributed by atoms with E-state index in [1.165, 1.54) is 24.1 Å². The van der Waals surface area contributed by atoms with E-state index in [2.05, 4.69) is 30.9 Å². The zero-order valence-corrected chi connectivity index (χ0v) is 12.8. The smallest absolute Gasteiger partial charge is 0.0648 e. The van der Waals surface area contributed by atoms with Crippen LogP contribution in [0.3, 0.4) is 0 Å². The van der Waals surface area contributed by atoms with Gasteiger partial charge in [-0.2, -0.15) is 5.10 Å². The summed E-state index contributed by atoms with van der Waals surface area (Å²) in [5.41, 5.74) is 4.67. The molecule has 1 saturated carbocycles. The van der Waals surface area contributed by atoms with Crippen molar-refractivity contribution in [3.63, 3.8) is 0 Å². The second-order valence-corrected chi connectivity index (χ2v) is 5.82. The lowest BCUT2D eigenvalue weighted by atomic mass is 10.1. The van der Waals surface area contributed by atoms with Gasteiger partial charge in [0.05, 0.1) is 18.0 Å². The first kappa shape index (κ1) is 14.3. The van der Waals surface area contributed by atoms with E-state index in [0.29, 0.717) is 6.04 Å². The molecule has 1 N–H and O–H groups in total. The maximum absolute atomic E-state index is 9.25. The van der Waals surface area contributed by atoms with Gasteiger partial charge in [-0.1, -0.05) is 18.2 Å². The van der Waals surface area contributed by atoms with E-state index in [4.69, 9.17) is 5.10 Å². The Bertz CT molecular complexity index is 602. The molecule has 1 aromatic carbocycles. The molecule has 1 fully saturated rings. The lowest BCUT2D eigenvalue weighted by molar-refractivity contribution is 0.183. The van der Waals surface area contributed by atoms with Gasteiger partial charge in [0, 0.05) is 30.4 Å². The summed E-state index contributed by atoms with van der Waals surface area (Å²) in [6.45, 7) is 6.06. The van der Waals surface area contributed by atoms with Crippen LogP contribution in [0.1, 0.15) is 29.8 Å². The van der Waals surface area contributed by atoms with Crippen LogP contribution >= 0.6 is 0 Å². The van der Waals surface area contributed by atoms with Crippen molar-refractivity contribution < 1.29 is 5.11 Å². The molecular formula is C17H23N3O. The first-order chi connectivity index (χ1) is 10.2. The summed E-state index contributed by atoms with van der Waals surface area (Å²) in [5, 5.41) is 14.0. The molecule has 1 aliphatic rings. The van der Waals surface area contributed by atoms with Gasteiger partial charge >= 0.3 is 0 Å². The molecule has 0 spiro atoms. The quantitative estimate of drug-likeness (QED) is 0.886. The van der Waals surface area contributed by atoms with Gasteiger partial charge in [-0.05, 0) is 38.8 Å². The zero-order valence-electron chi connectivity index (χ0n) is 12.8. The molecule has 0 aliphatic heterocycles. The van der Waals surface area contributed by atoms with E-state index in [1.807, 2.05) is 22.9 Å². The van der Waals surface area contributed by atoms with Crippen LogP contribution < -0.4 is 0 Å². The Kier molecular flexibility index (Phi) is 4.08. The van der Waals surface area contributed by atoms with Crippen molar-refractivity contribution in [2.24, 2.45) is 0 Å². The molecule has 0 atom stereocenters. The van der Waals surface area contributed by atoms with Gasteiger partial charge in [-0.15, -0.1) is 0 Å². The fourth-order valence-electron chi connectivity index (χ4n) is 2.89. The third-order valence-corrected chi connectivity index (χ3v) is 4.25. The summed E-state index contributed by atoms with van der Waals surface area (Å²) in [5.74, 6) is 0. The van der Waals surface area contributed by atoms with E-state index in [9.17, 15) is 5.11 Å². The highest BCUT2D eigenvalue weighted by atomic mass is 16.3. The number of nitrogens with zero attached hydrogens (tertiary/aromatic N) is 3. The molecule has 0 bridgehead atoms. The molecule has 0 saturated heterocycles. The summed E-state index contributed by atoms with van der Waals surface area (Å²) in [6, 6.07) is 10.9. The molecule has 0 amide bonds. The Morgan fingerprint density at radius 2 is 1.95 bits per heavy atom. The SMILES string of the molecule is Cc1nn(-c2ccccc2)c(C)c1CN(CCO)C1CC1. The van der Waals surface area contributed by atoms with Crippen LogP contribution in [0.5, 0.6) is 0 Å². The van der Waals surface area contributed by atoms with Gasteiger partial charge < -0.3 is 5.11 Å². The predicted molar refractivity (Wildman–Crippen MR) is 83.6 cm³/mol. The van der Waals surface area contributed by atoms with Crippen LogP contribution in [-0.4, -0.2) is 39.0 Å². The summed E-state index contributed by atoms with van der Waals surface area (Å²) >= 11 is 0. The minimum atomic E-state index is 0.224. The number of aliphatic hydroxyl groups is 1. The number of aliphatic hydroxyl groups excluding tert-OH is 1. The summed E-state index contributed by atoms with van der Waals surface area (Å²) < 4.78 is 2.02. The van der Waals surface area contributed by atoms with Crippen LogP contribution in [0.2, 0.25) is 0 Å². The van der Waals surface area contributed by atoms with Gasteiger partial charge in [0.15, 0.2) is 0 Å². The van der Waals surface area contributed by atoms with E-state index >= 15 is 0 Å². The van der Waals surface area contributed by atoms with E-state index in [0.717, 1.165) is 24.5 Å². The van der Waals surface area contributed by atoms with E-state index in [1.54, 1.807) is 0 Å². The topological polar surface area (TPSA) is 41.3 Å². The van der Waals surface area contributed by atoms with E-state index < -0.39 is 0 Å². The van der Waals surface area contributed by atoms with Gasteiger partial charge in [-0.3, -0.25) is 4.90 Å². The Morgan fingerprint density at radius 1 is 1.24 bits per heavy atom. The Morgan fingerprint density at radius 3 is 2.57 bits per heavy atom. The Labute approximate surface area is 126 Å². The van der Waals surface area contributed by atoms with E-state index in [-0.39, 0.29) is 6.61 Å². The lowest BCUT2D eigenvalue weighted by Gasteiger charge is -2.21.